The van der Waals surface area contributed by atoms with Crippen molar-refractivity contribution in [3.8, 4) is 5.75 Å². The Kier molecular flexibility index (Phi) is 30.1. The van der Waals surface area contributed by atoms with Crippen molar-refractivity contribution < 1.29 is 72.5 Å². The van der Waals surface area contributed by atoms with Crippen LogP contribution in [0.1, 0.15) is 123 Å². The van der Waals surface area contributed by atoms with E-state index < -0.39 is 138 Å². The maximum absolute atomic E-state index is 14.4. The van der Waals surface area contributed by atoms with E-state index in [1.54, 1.807) is 27.7 Å². The second-order valence-corrected chi connectivity index (χ2v) is 23.9. The van der Waals surface area contributed by atoms with Crippen molar-refractivity contribution in [2.45, 2.75) is 178 Å². The Morgan fingerprint density at radius 3 is 1.96 bits per heavy atom. The lowest BCUT2D eigenvalue weighted by atomic mass is 10.00. The summed E-state index contributed by atoms with van der Waals surface area (Å²) < 4.78 is 6.23. The van der Waals surface area contributed by atoms with Crippen LogP contribution in [0.25, 0.3) is 0 Å². The van der Waals surface area contributed by atoms with E-state index in [2.05, 4.69) is 47.7 Å². The summed E-state index contributed by atoms with van der Waals surface area (Å²) in [6.07, 6.45) is 4.14. The molecule has 27 nitrogen and oxygen atoms in total. The van der Waals surface area contributed by atoms with E-state index in [-0.39, 0.29) is 67.8 Å². The lowest BCUT2D eigenvalue weighted by Crippen LogP contribution is -2.61. The number of aliphatic carboxylic acids is 1. The van der Waals surface area contributed by atoms with E-state index in [0.29, 0.717) is 51.0 Å². The first-order valence-corrected chi connectivity index (χ1v) is 30.9. The van der Waals surface area contributed by atoms with Crippen molar-refractivity contribution in [1.29, 1.82) is 0 Å². The van der Waals surface area contributed by atoms with Crippen LogP contribution in [-0.2, 0) is 69.1 Å². The Bertz CT molecular complexity index is 2470. The molecule has 4 bridgehead atoms. The van der Waals surface area contributed by atoms with Crippen LogP contribution in [0, 0.1) is 11.8 Å². The van der Waals surface area contributed by atoms with Crippen molar-refractivity contribution in [1.82, 2.24) is 47.4 Å². The van der Waals surface area contributed by atoms with Gasteiger partial charge in [0.25, 0.3) is 5.91 Å². The molecule has 14 N–H and O–H groups in total. The summed E-state index contributed by atoms with van der Waals surface area (Å²) in [7, 11) is 0. The molecular formula is C55H86N12O15S2. The van der Waals surface area contributed by atoms with Gasteiger partial charge < -0.3 is 78.7 Å². The molecule has 0 unspecified atom stereocenters. The molecule has 0 radical (unpaired) electrons. The number of hydrogen-bond donors (Lipinski definition) is 12. The number of carboxylic acid groups (broad SMARTS) is 1. The van der Waals surface area contributed by atoms with Crippen molar-refractivity contribution >= 4 is 94.8 Å². The van der Waals surface area contributed by atoms with Gasteiger partial charge in [-0.1, -0.05) is 38.9 Å². The van der Waals surface area contributed by atoms with Crippen molar-refractivity contribution in [2.24, 2.45) is 28.5 Å². The number of aliphatic hydroxyl groups is 1. The number of amides is 10. The monoisotopic (exact) mass is 1220 g/mol. The first-order chi connectivity index (χ1) is 40.0. The zero-order chi connectivity index (χ0) is 61.9. The van der Waals surface area contributed by atoms with E-state index in [4.69, 9.17) is 21.0 Å². The highest BCUT2D eigenvalue weighted by molar-refractivity contribution is 7.98. The van der Waals surface area contributed by atoms with Crippen LogP contribution >= 0.6 is 23.5 Å². The fraction of sp³-hybridized carbons (Fsp3) is 0.673. The number of fused-ring (bicyclic) bond motifs is 6. The second-order valence-electron chi connectivity index (χ2n) is 21.8. The molecule has 1 aromatic rings. The van der Waals surface area contributed by atoms with Gasteiger partial charge in [0, 0.05) is 36.2 Å². The molecule has 0 aromatic heterocycles. The zero-order valence-corrected chi connectivity index (χ0v) is 50.2. The molecule has 1 saturated heterocycles. The number of primary amides is 1. The summed E-state index contributed by atoms with van der Waals surface area (Å²) in [5.74, 6) is -9.75. The first kappa shape index (κ1) is 69.8. The van der Waals surface area contributed by atoms with E-state index in [0.717, 1.165) is 30.2 Å². The Hall–Kier alpha value is -6.72. The summed E-state index contributed by atoms with van der Waals surface area (Å²) in [4.78, 5) is 158. The van der Waals surface area contributed by atoms with Gasteiger partial charge in [0.15, 0.2) is 0 Å². The fourth-order valence-corrected chi connectivity index (χ4v) is 11.4. The molecule has 9 atom stereocenters. The number of rotatable bonds is 12. The molecule has 84 heavy (non-hydrogen) atoms. The predicted octanol–water partition coefficient (Wildman–Crippen LogP) is -0.815. The number of ether oxygens (including phenoxy) is 1. The van der Waals surface area contributed by atoms with E-state index in [1.165, 1.54) is 35.3 Å². The number of aliphatic hydroxyl groups excluding tert-OH is 1. The van der Waals surface area contributed by atoms with Crippen LogP contribution in [0.15, 0.2) is 23.4 Å². The summed E-state index contributed by atoms with van der Waals surface area (Å²) in [6.45, 7) is 8.45. The molecule has 3 aliphatic heterocycles. The third-order valence-corrected chi connectivity index (χ3v) is 16.1. The molecule has 10 amide bonds. The smallest absolute Gasteiger partial charge is 0.305 e. The standard InChI is InChI=1S/C55H86N12O15S2/c1-31(2)21-39-51(76)63-40(25-45(70)71)52(77)66-46(32(3)4)55(80)67-17-12-14-43(67)54(79)61-38(15-18-68)50(75)64-41(47(57)72)29-83-27-34-22-35-24-36(23-34)81-19-10-6-7-11-20-82-58-26-44(69)60-37(13-8-9-16-56)49(74)65-42(30-84-28-35)53(78)59-33(5)48(73)62-39/h22-24,26,31-33,37-43,46,68H,6-21,25,27-30,56H2,1-5H3,(H2,57,72)(H,59,78)(H,60,69)(H,61,79)(H,62,73)(H,63,76)(H,64,75)(H,65,74)(H,66,77)(H,70,71)/b58-26+/t33-,37-,38-,39-,40-,41-,42-,43-,46-/m0/s1. The number of carbonyl (C=O) groups is 11. The number of hydrogen-bond acceptors (Lipinski definition) is 18. The van der Waals surface area contributed by atoms with Crippen LogP contribution in [0.5, 0.6) is 5.75 Å². The Labute approximate surface area is 498 Å². The average molecular weight is 1220 g/mol. The normalized spacial score (nSPS) is 26.5. The lowest BCUT2D eigenvalue weighted by molar-refractivity contribution is -0.144. The van der Waals surface area contributed by atoms with Gasteiger partial charge >= 0.3 is 5.97 Å². The average Bonchev–Trinajstić information content (AvgIpc) is 4.18. The molecule has 29 heteroatoms. The number of unbranched alkanes of at least 4 members (excludes halogenated alkanes) is 1. The Balaban J connectivity index is 1.79. The van der Waals surface area contributed by atoms with E-state index in [1.807, 2.05) is 18.2 Å². The summed E-state index contributed by atoms with van der Waals surface area (Å²) >= 11 is 2.51. The van der Waals surface area contributed by atoms with E-state index >= 15 is 0 Å². The number of oxime groups is 1. The van der Waals surface area contributed by atoms with Gasteiger partial charge in [-0.3, -0.25) is 52.7 Å². The highest BCUT2D eigenvalue weighted by Crippen LogP contribution is 2.26. The molecule has 1 aromatic carbocycles. The number of carbonyl (C=O) groups excluding carboxylic acids is 10. The van der Waals surface area contributed by atoms with Crippen LogP contribution in [0.3, 0.4) is 0 Å². The topological polar surface area (TPSA) is 411 Å². The minimum Gasteiger partial charge on any atom is -0.494 e. The minimum atomic E-state index is -1.79. The minimum absolute atomic E-state index is 0.0196. The number of nitrogens with zero attached hydrogens (tertiary/aromatic N) is 2. The highest BCUT2D eigenvalue weighted by atomic mass is 32.2. The first-order valence-electron chi connectivity index (χ1n) is 28.6. The van der Waals surface area contributed by atoms with Crippen LogP contribution in [0.2, 0.25) is 0 Å². The third kappa shape index (κ3) is 23.7. The van der Waals surface area contributed by atoms with Gasteiger partial charge in [-0.2, -0.15) is 23.5 Å². The number of thioether (sulfide) groups is 2. The fourth-order valence-electron chi connectivity index (χ4n) is 9.36. The quantitative estimate of drug-likeness (QED) is 0.114. The summed E-state index contributed by atoms with van der Waals surface area (Å²) in [5, 5.41) is 44.5. The molecule has 4 rings (SSSR count). The SMILES string of the molecule is CC(C)C[C@@H]1NC(=O)[C@H](C)NC(=O)[C@@H]2CSCc3cc(cc(c3)OCCCCCCO/N=C/C(=O)N[C@@H](CCCCN)C(=O)N2)CSC[C@@H](C(N)=O)NC(=O)[C@H](CCO)NC(=O)[C@@H]2CCCN2C(=O)[C@H](C(C)C)NC(=O)[C@H](CC(=O)O)NC1=O. The third-order valence-electron chi connectivity index (χ3n) is 13.9. The molecule has 468 valence electrons. The molecule has 0 spiro atoms. The highest BCUT2D eigenvalue weighted by Gasteiger charge is 2.41. The number of nitrogens with one attached hydrogen (secondary N) is 8. The second kappa shape index (κ2) is 36.2. The van der Waals surface area contributed by atoms with Crippen LogP contribution < -0.4 is 58.7 Å². The van der Waals surface area contributed by atoms with Crippen molar-refractivity contribution in [3.05, 3.63) is 29.3 Å². The molecule has 3 heterocycles. The van der Waals surface area contributed by atoms with E-state index in [9.17, 15) is 63.0 Å². The summed E-state index contributed by atoms with van der Waals surface area (Å²) in [5.41, 5.74) is 13.1. The van der Waals surface area contributed by atoms with Gasteiger partial charge in [-0.05, 0) is 119 Å². The van der Waals surface area contributed by atoms with Gasteiger partial charge in [0.1, 0.15) is 72.9 Å². The van der Waals surface area contributed by atoms with Gasteiger partial charge in [-0.15, -0.1) is 0 Å². The molecule has 1 fully saturated rings. The lowest BCUT2D eigenvalue weighted by Gasteiger charge is -2.32. The van der Waals surface area contributed by atoms with Crippen molar-refractivity contribution in [2.75, 3.05) is 44.4 Å². The molecular weight excluding hydrogens is 1130 g/mol. The molecule has 3 aliphatic rings. The largest absolute Gasteiger partial charge is 0.494 e. The van der Waals surface area contributed by atoms with Crippen LogP contribution in [0.4, 0.5) is 0 Å². The van der Waals surface area contributed by atoms with Gasteiger partial charge in [-0.25, -0.2) is 0 Å². The number of nitrogens with two attached hydrogens (primary N) is 2. The maximum Gasteiger partial charge on any atom is 0.305 e. The van der Waals surface area contributed by atoms with Gasteiger partial charge in [0.2, 0.25) is 53.2 Å². The number of benzene rings is 1. The van der Waals surface area contributed by atoms with Crippen molar-refractivity contribution in [3.63, 3.8) is 0 Å². The summed E-state index contributed by atoms with van der Waals surface area (Å²) in [6, 6.07) is -6.62. The Morgan fingerprint density at radius 2 is 1.32 bits per heavy atom. The van der Waals surface area contributed by atoms with Crippen LogP contribution in [-0.4, -0.2) is 185 Å². The number of carboxylic acids is 1. The zero-order valence-electron chi connectivity index (χ0n) is 48.6. The molecule has 0 aliphatic carbocycles. The van der Waals surface area contributed by atoms with Gasteiger partial charge in [0.05, 0.1) is 13.0 Å². The Morgan fingerprint density at radius 1 is 0.702 bits per heavy atom. The predicted molar refractivity (Wildman–Crippen MR) is 313 cm³/mol. The molecule has 0 saturated carbocycles. The maximum atomic E-state index is 14.4.